The van der Waals surface area contributed by atoms with Crippen LogP contribution in [0.25, 0.3) is 0 Å². The zero-order valence-corrected chi connectivity index (χ0v) is 13.4. The highest BCUT2D eigenvalue weighted by Gasteiger charge is 2.43. The number of piperidine rings is 1. The van der Waals surface area contributed by atoms with Crippen molar-refractivity contribution in [3.05, 3.63) is 24.2 Å². The summed E-state index contributed by atoms with van der Waals surface area (Å²) < 4.78 is 5.20. The fourth-order valence-corrected chi connectivity index (χ4v) is 3.75. The molecule has 3 aliphatic rings. The minimum atomic E-state index is -0.103. The van der Waals surface area contributed by atoms with Crippen molar-refractivity contribution < 1.29 is 14.0 Å². The van der Waals surface area contributed by atoms with E-state index in [1.807, 2.05) is 0 Å². The molecule has 1 aliphatic heterocycles. The van der Waals surface area contributed by atoms with Gasteiger partial charge in [-0.25, -0.2) is 0 Å². The summed E-state index contributed by atoms with van der Waals surface area (Å²) in [6.45, 7) is 1.21. The Bertz CT molecular complexity index is 563. The van der Waals surface area contributed by atoms with Gasteiger partial charge in [0.25, 0.3) is 5.91 Å². The number of nitrogens with zero attached hydrogens (tertiary/aromatic N) is 1. The van der Waals surface area contributed by atoms with Crippen LogP contribution in [0, 0.1) is 17.8 Å². The number of furan rings is 1. The summed E-state index contributed by atoms with van der Waals surface area (Å²) in [6, 6.07) is 3.79. The van der Waals surface area contributed by atoms with Gasteiger partial charge in [-0.1, -0.05) is 0 Å². The van der Waals surface area contributed by atoms with Crippen LogP contribution < -0.4 is 5.32 Å². The molecule has 2 saturated carbocycles. The average Bonchev–Trinajstić information content (AvgIpc) is 3.51. The second-order valence-corrected chi connectivity index (χ2v) is 7.28. The number of hydrogen-bond donors (Lipinski definition) is 1. The van der Waals surface area contributed by atoms with E-state index in [0.717, 1.165) is 12.8 Å². The number of hydrogen-bond acceptors (Lipinski definition) is 3. The van der Waals surface area contributed by atoms with Crippen LogP contribution in [0.3, 0.4) is 0 Å². The molecule has 1 unspecified atom stereocenters. The van der Waals surface area contributed by atoms with Gasteiger partial charge in [0, 0.05) is 19.1 Å². The van der Waals surface area contributed by atoms with E-state index in [4.69, 9.17) is 4.42 Å². The molecule has 1 saturated heterocycles. The molecule has 0 radical (unpaired) electrons. The number of likely N-dealkylation sites (tertiary alicyclic amines) is 1. The van der Waals surface area contributed by atoms with E-state index in [-0.39, 0.29) is 17.7 Å². The molecule has 1 aromatic rings. The van der Waals surface area contributed by atoms with E-state index >= 15 is 0 Å². The third-order valence-corrected chi connectivity index (χ3v) is 5.38. The Balaban J connectivity index is 1.36. The lowest BCUT2D eigenvalue weighted by molar-refractivity contribution is -0.127. The molecule has 2 aliphatic carbocycles. The number of nitrogens with one attached hydrogen (secondary N) is 1. The first-order chi connectivity index (χ1) is 11.2. The maximum Gasteiger partial charge on any atom is 0.289 e. The highest BCUT2D eigenvalue weighted by molar-refractivity contribution is 5.92. The fourth-order valence-electron chi connectivity index (χ4n) is 3.75. The predicted molar refractivity (Wildman–Crippen MR) is 84.7 cm³/mol. The molecule has 1 atom stereocenters. The van der Waals surface area contributed by atoms with Gasteiger partial charge in [-0.2, -0.15) is 0 Å². The van der Waals surface area contributed by atoms with Crippen molar-refractivity contribution in [3.8, 4) is 0 Å². The standard InChI is InChI=1S/C18H24N2O3/c21-17(19-16(12-5-6-12)13-7-8-13)14-3-1-9-20(11-14)18(22)15-4-2-10-23-15/h2,4,10,12-14,16H,1,3,5-9,11H2,(H,19,21). The number of rotatable bonds is 5. The molecule has 0 aromatic carbocycles. The lowest BCUT2D eigenvalue weighted by atomic mass is 9.95. The SMILES string of the molecule is O=C(NC(C1CC1)C1CC1)C1CCCN(C(=O)c2ccco2)C1. The highest BCUT2D eigenvalue weighted by Crippen LogP contribution is 2.44. The second-order valence-electron chi connectivity index (χ2n) is 7.28. The molecule has 5 nitrogen and oxygen atoms in total. The van der Waals surface area contributed by atoms with Gasteiger partial charge in [0.1, 0.15) is 0 Å². The zero-order chi connectivity index (χ0) is 15.8. The monoisotopic (exact) mass is 316 g/mol. The van der Waals surface area contributed by atoms with Crippen molar-refractivity contribution >= 4 is 11.8 Å². The Morgan fingerprint density at radius 3 is 2.52 bits per heavy atom. The number of carbonyl (C=O) groups excluding carboxylic acids is 2. The number of carbonyl (C=O) groups is 2. The molecule has 23 heavy (non-hydrogen) atoms. The third kappa shape index (κ3) is 3.28. The fraction of sp³-hybridized carbons (Fsp3) is 0.667. The molecule has 4 rings (SSSR count). The van der Waals surface area contributed by atoms with Gasteiger partial charge in [-0.15, -0.1) is 0 Å². The Labute approximate surface area is 136 Å². The molecule has 124 valence electrons. The molecule has 0 bridgehead atoms. The second kappa shape index (κ2) is 6.02. The Morgan fingerprint density at radius 1 is 1.17 bits per heavy atom. The minimum Gasteiger partial charge on any atom is -0.459 e. The Kier molecular flexibility index (Phi) is 3.87. The van der Waals surface area contributed by atoms with Gasteiger partial charge >= 0.3 is 0 Å². The molecule has 2 heterocycles. The lowest BCUT2D eigenvalue weighted by Gasteiger charge is -2.32. The largest absolute Gasteiger partial charge is 0.459 e. The van der Waals surface area contributed by atoms with E-state index in [9.17, 15) is 9.59 Å². The minimum absolute atomic E-state index is 0.0809. The summed E-state index contributed by atoms with van der Waals surface area (Å²) in [6.07, 6.45) is 8.30. The van der Waals surface area contributed by atoms with Crippen molar-refractivity contribution in [2.75, 3.05) is 13.1 Å². The number of amides is 2. The van der Waals surface area contributed by atoms with Crippen LogP contribution in [-0.2, 0) is 4.79 Å². The molecule has 1 aromatic heterocycles. The van der Waals surface area contributed by atoms with E-state index < -0.39 is 0 Å². The van der Waals surface area contributed by atoms with Gasteiger partial charge in [-0.3, -0.25) is 9.59 Å². The first-order valence-electron chi connectivity index (χ1n) is 8.85. The van der Waals surface area contributed by atoms with Crippen molar-refractivity contribution in [2.45, 2.75) is 44.6 Å². The van der Waals surface area contributed by atoms with E-state index in [2.05, 4.69) is 5.32 Å². The van der Waals surface area contributed by atoms with Crippen LogP contribution in [0.15, 0.2) is 22.8 Å². The highest BCUT2D eigenvalue weighted by atomic mass is 16.3. The van der Waals surface area contributed by atoms with Crippen molar-refractivity contribution in [1.29, 1.82) is 0 Å². The molecule has 3 fully saturated rings. The third-order valence-electron chi connectivity index (χ3n) is 5.38. The normalized spacial score (nSPS) is 24.7. The van der Waals surface area contributed by atoms with Gasteiger partial charge in [0.15, 0.2) is 5.76 Å². The van der Waals surface area contributed by atoms with Crippen LogP contribution in [0.1, 0.15) is 49.1 Å². The van der Waals surface area contributed by atoms with Gasteiger partial charge in [0.05, 0.1) is 12.2 Å². The van der Waals surface area contributed by atoms with Crippen LogP contribution in [0.5, 0.6) is 0 Å². The van der Waals surface area contributed by atoms with Crippen molar-refractivity contribution in [2.24, 2.45) is 17.8 Å². The van der Waals surface area contributed by atoms with E-state index in [1.54, 1.807) is 17.0 Å². The molecule has 0 spiro atoms. The van der Waals surface area contributed by atoms with E-state index in [0.29, 0.717) is 36.7 Å². The van der Waals surface area contributed by atoms with Crippen LogP contribution >= 0.6 is 0 Å². The summed E-state index contributed by atoms with van der Waals surface area (Å²) >= 11 is 0. The summed E-state index contributed by atoms with van der Waals surface area (Å²) in [7, 11) is 0. The Hall–Kier alpha value is -1.78. The van der Waals surface area contributed by atoms with Crippen LogP contribution in [-0.4, -0.2) is 35.8 Å². The molecule has 5 heteroatoms. The summed E-state index contributed by atoms with van der Waals surface area (Å²) in [5.41, 5.74) is 0. The van der Waals surface area contributed by atoms with Crippen LogP contribution in [0.2, 0.25) is 0 Å². The maximum atomic E-state index is 12.7. The van der Waals surface area contributed by atoms with Crippen molar-refractivity contribution in [1.82, 2.24) is 10.2 Å². The predicted octanol–water partition coefficient (Wildman–Crippen LogP) is 2.44. The zero-order valence-electron chi connectivity index (χ0n) is 13.4. The smallest absolute Gasteiger partial charge is 0.289 e. The molecular weight excluding hydrogens is 292 g/mol. The summed E-state index contributed by atoms with van der Waals surface area (Å²) in [5, 5.41) is 3.30. The maximum absolute atomic E-state index is 12.7. The van der Waals surface area contributed by atoms with Crippen LogP contribution in [0.4, 0.5) is 0 Å². The Morgan fingerprint density at radius 2 is 1.91 bits per heavy atom. The quantitative estimate of drug-likeness (QED) is 0.907. The van der Waals surface area contributed by atoms with Gasteiger partial charge < -0.3 is 14.6 Å². The van der Waals surface area contributed by atoms with E-state index in [1.165, 1.54) is 31.9 Å². The lowest BCUT2D eigenvalue weighted by Crippen LogP contribution is -2.48. The summed E-state index contributed by atoms with van der Waals surface area (Å²) in [4.78, 5) is 26.8. The van der Waals surface area contributed by atoms with Crippen molar-refractivity contribution in [3.63, 3.8) is 0 Å². The molecule has 1 N–H and O–H groups in total. The molecular formula is C18H24N2O3. The average molecular weight is 316 g/mol. The first kappa shape index (κ1) is 14.8. The molecule has 2 amide bonds. The van der Waals surface area contributed by atoms with Gasteiger partial charge in [-0.05, 0) is 62.5 Å². The van der Waals surface area contributed by atoms with Gasteiger partial charge in [0.2, 0.25) is 5.91 Å². The first-order valence-corrected chi connectivity index (χ1v) is 8.85. The topological polar surface area (TPSA) is 62.6 Å². The summed E-state index contributed by atoms with van der Waals surface area (Å²) in [5.74, 6) is 1.73.